The fourth-order valence-corrected chi connectivity index (χ4v) is 2.70. The molecule has 120 valence electrons. The van der Waals surface area contributed by atoms with Gasteiger partial charge in [0.05, 0.1) is 5.56 Å². The van der Waals surface area contributed by atoms with E-state index in [1.165, 1.54) is 6.07 Å². The summed E-state index contributed by atoms with van der Waals surface area (Å²) in [4.78, 5) is 14.3. The SMILES string of the molecule is CC1CN(CCC(=O)c2ccccc2F)CC(C)N1.Cl.Cl. The van der Waals surface area contributed by atoms with Crippen LogP contribution in [0, 0.1) is 5.82 Å². The number of carbonyl (C=O) groups is 1. The van der Waals surface area contributed by atoms with Gasteiger partial charge in [0.15, 0.2) is 5.78 Å². The normalized spacial score (nSPS) is 22.0. The fraction of sp³-hybridized carbons (Fsp3) is 0.533. The summed E-state index contributed by atoms with van der Waals surface area (Å²) in [7, 11) is 0. The number of rotatable bonds is 4. The third-order valence-corrected chi connectivity index (χ3v) is 3.46. The second kappa shape index (κ2) is 9.36. The van der Waals surface area contributed by atoms with Crippen LogP contribution in [0.5, 0.6) is 0 Å². The predicted octanol–water partition coefficient (Wildman–Crippen LogP) is 2.92. The smallest absolute Gasteiger partial charge is 0.167 e. The van der Waals surface area contributed by atoms with Crippen LogP contribution in [0.2, 0.25) is 0 Å². The maximum Gasteiger partial charge on any atom is 0.167 e. The van der Waals surface area contributed by atoms with Crippen molar-refractivity contribution in [3.8, 4) is 0 Å². The van der Waals surface area contributed by atoms with Crippen LogP contribution in [-0.2, 0) is 0 Å². The molecular formula is C15H23Cl2FN2O. The van der Waals surface area contributed by atoms with E-state index in [2.05, 4.69) is 24.1 Å². The van der Waals surface area contributed by atoms with E-state index in [1.807, 2.05) is 0 Å². The molecule has 2 atom stereocenters. The summed E-state index contributed by atoms with van der Waals surface area (Å²) >= 11 is 0. The van der Waals surface area contributed by atoms with E-state index in [0.717, 1.165) is 13.1 Å². The number of nitrogens with one attached hydrogen (secondary N) is 1. The van der Waals surface area contributed by atoms with Crippen LogP contribution in [-0.4, -0.2) is 42.4 Å². The molecule has 1 fully saturated rings. The minimum Gasteiger partial charge on any atom is -0.309 e. The van der Waals surface area contributed by atoms with Gasteiger partial charge >= 0.3 is 0 Å². The lowest BCUT2D eigenvalue weighted by atomic mass is 10.1. The Labute approximate surface area is 138 Å². The highest BCUT2D eigenvalue weighted by Crippen LogP contribution is 2.11. The Morgan fingerprint density at radius 2 is 1.81 bits per heavy atom. The van der Waals surface area contributed by atoms with Gasteiger partial charge < -0.3 is 5.32 Å². The fourth-order valence-electron chi connectivity index (χ4n) is 2.70. The Morgan fingerprint density at radius 3 is 2.38 bits per heavy atom. The Hall–Kier alpha value is -0.680. The van der Waals surface area contributed by atoms with E-state index < -0.39 is 5.82 Å². The van der Waals surface area contributed by atoms with Gasteiger partial charge in [0.1, 0.15) is 5.82 Å². The first-order valence-corrected chi connectivity index (χ1v) is 6.82. The van der Waals surface area contributed by atoms with Crippen molar-refractivity contribution in [3.05, 3.63) is 35.6 Å². The number of nitrogens with zero attached hydrogens (tertiary/aromatic N) is 1. The van der Waals surface area contributed by atoms with E-state index >= 15 is 0 Å². The number of halogens is 3. The minimum atomic E-state index is -0.422. The third-order valence-electron chi connectivity index (χ3n) is 3.46. The van der Waals surface area contributed by atoms with Crippen LogP contribution >= 0.6 is 24.8 Å². The van der Waals surface area contributed by atoms with E-state index in [9.17, 15) is 9.18 Å². The highest BCUT2D eigenvalue weighted by atomic mass is 35.5. The molecule has 1 heterocycles. The molecule has 21 heavy (non-hydrogen) atoms. The largest absolute Gasteiger partial charge is 0.309 e. The molecule has 0 amide bonds. The van der Waals surface area contributed by atoms with Crippen LogP contribution < -0.4 is 5.32 Å². The number of Topliss-reactive ketones (excluding diaryl/α,β-unsaturated/α-hetero) is 1. The van der Waals surface area contributed by atoms with Crippen LogP contribution in [0.25, 0.3) is 0 Å². The average molecular weight is 337 g/mol. The number of benzene rings is 1. The van der Waals surface area contributed by atoms with Gasteiger partial charge in [-0.25, -0.2) is 4.39 Å². The number of piperazine rings is 1. The molecule has 1 saturated heterocycles. The predicted molar refractivity (Wildman–Crippen MR) is 88.3 cm³/mol. The van der Waals surface area contributed by atoms with Gasteiger partial charge in [0.2, 0.25) is 0 Å². The second-order valence-electron chi connectivity index (χ2n) is 5.38. The molecule has 0 saturated carbocycles. The summed E-state index contributed by atoms with van der Waals surface area (Å²) < 4.78 is 13.5. The van der Waals surface area contributed by atoms with Crippen molar-refractivity contribution in [2.24, 2.45) is 0 Å². The second-order valence-corrected chi connectivity index (χ2v) is 5.38. The lowest BCUT2D eigenvalue weighted by Gasteiger charge is -2.36. The first-order valence-electron chi connectivity index (χ1n) is 6.82. The van der Waals surface area contributed by atoms with Crippen molar-refractivity contribution in [2.75, 3.05) is 19.6 Å². The summed E-state index contributed by atoms with van der Waals surface area (Å²) in [6.07, 6.45) is 0.375. The molecule has 0 aromatic heterocycles. The van der Waals surface area contributed by atoms with Crippen LogP contribution in [0.3, 0.4) is 0 Å². The average Bonchev–Trinajstić information content (AvgIpc) is 2.35. The van der Waals surface area contributed by atoms with Crippen molar-refractivity contribution >= 4 is 30.6 Å². The molecule has 2 unspecified atom stereocenters. The molecule has 3 nitrogen and oxygen atoms in total. The maximum absolute atomic E-state index is 13.5. The quantitative estimate of drug-likeness (QED) is 0.858. The van der Waals surface area contributed by atoms with Crippen LogP contribution in [0.1, 0.15) is 30.6 Å². The molecule has 0 spiro atoms. The van der Waals surface area contributed by atoms with Crippen LogP contribution in [0.4, 0.5) is 4.39 Å². The van der Waals surface area contributed by atoms with Gasteiger partial charge in [-0.3, -0.25) is 9.69 Å². The molecule has 1 aromatic rings. The van der Waals surface area contributed by atoms with Crippen molar-refractivity contribution in [2.45, 2.75) is 32.4 Å². The zero-order valence-corrected chi connectivity index (χ0v) is 14.0. The Bertz CT molecular complexity index is 449. The Kier molecular flexibility index (Phi) is 9.06. The molecular weight excluding hydrogens is 314 g/mol. The summed E-state index contributed by atoms with van der Waals surface area (Å²) in [5, 5.41) is 3.45. The highest BCUT2D eigenvalue weighted by Gasteiger charge is 2.21. The van der Waals surface area contributed by atoms with Gasteiger partial charge in [0, 0.05) is 38.1 Å². The van der Waals surface area contributed by atoms with E-state index in [-0.39, 0.29) is 36.2 Å². The van der Waals surface area contributed by atoms with Gasteiger partial charge in [-0.15, -0.1) is 24.8 Å². The van der Waals surface area contributed by atoms with Gasteiger partial charge in [0.25, 0.3) is 0 Å². The molecule has 1 N–H and O–H groups in total. The van der Waals surface area contributed by atoms with Crippen molar-refractivity contribution in [1.82, 2.24) is 10.2 Å². The van der Waals surface area contributed by atoms with Gasteiger partial charge in [-0.1, -0.05) is 12.1 Å². The number of hydrogen-bond donors (Lipinski definition) is 1. The third kappa shape index (κ3) is 5.91. The Morgan fingerprint density at radius 1 is 1.24 bits per heavy atom. The van der Waals surface area contributed by atoms with Crippen molar-refractivity contribution in [3.63, 3.8) is 0 Å². The summed E-state index contributed by atoms with van der Waals surface area (Å²) in [6.45, 7) is 6.86. The van der Waals surface area contributed by atoms with Gasteiger partial charge in [-0.05, 0) is 26.0 Å². The summed E-state index contributed by atoms with van der Waals surface area (Å²) in [6, 6.07) is 7.07. The topological polar surface area (TPSA) is 32.3 Å². The Balaban J connectivity index is 0.00000200. The number of ketones is 1. The zero-order valence-electron chi connectivity index (χ0n) is 12.3. The molecule has 1 aromatic carbocycles. The molecule has 1 aliphatic heterocycles. The van der Waals surface area contributed by atoms with Crippen molar-refractivity contribution < 1.29 is 9.18 Å². The molecule has 1 aliphatic rings. The monoisotopic (exact) mass is 336 g/mol. The minimum absolute atomic E-state index is 0. The zero-order chi connectivity index (χ0) is 13.8. The van der Waals surface area contributed by atoms with E-state index in [0.29, 0.717) is 25.0 Å². The van der Waals surface area contributed by atoms with Crippen molar-refractivity contribution in [1.29, 1.82) is 0 Å². The molecule has 0 aliphatic carbocycles. The lowest BCUT2D eigenvalue weighted by molar-refractivity contribution is 0.0942. The number of hydrogen-bond acceptors (Lipinski definition) is 3. The molecule has 0 radical (unpaired) electrons. The lowest BCUT2D eigenvalue weighted by Crippen LogP contribution is -2.54. The number of carbonyl (C=O) groups excluding carboxylic acids is 1. The van der Waals surface area contributed by atoms with Crippen LogP contribution in [0.15, 0.2) is 24.3 Å². The molecule has 2 rings (SSSR count). The summed E-state index contributed by atoms with van der Waals surface area (Å²) in [5.41, 5.74) is 0.207. The molecule has 6 heteroatoms. The highest BCUT2D eigenvalue weighted by molar-refractivity contribution is 5.96. The van der Waals surface area contributed by atoms with E-state index in [1.54, 1.807) is 18.2 Å². The maximum atomic E-state index is 13.5. The standard InChI is InChI=1S/C15H21FN2O.2ClH/c1-11-9-18(10-12(2)17-11)8-7-15(19)13-5-3-4-6-14(13)16;;/h3-6,11-12,17H,7-10H2,1-2H3;2*1H. The first-order chi connectivity index (χ1) is 9.06. The molecule has 0 bridgehead atoms. The van der Waals surface area contributed by atoms with E-state index in [4.69, 9.17) is 0 Å². The first kappa shape index (κ1) is 20.3. The summed E-state index contributed by atoms with van der Waals surface area (Å²) in [5.74, 6) is -0.536. The van der Waals surface area contributed by atoms with Gasteiger partial charge in [-0.2, -0.15) is 0 Å².